The summed E-state index contributed by atoms with van der Waals surface area (Å²) in [6.07, 6.45) is 1.58. The van der Waals surface area contributed by atoms with Gasteiger partial charge in [-0.25, -0.2) is 0 Å². The van der Waals surface area contributed by atoms with Crippen molar-refractivity contribution in [2.45, 2.75) is 6.61 Å². The number of ether oxygens (including phenoxy) is 3. The Morgan fingerprint density at radius 1 is 1.14 bits per heavy atom. The summed E-state index contributed by atoms with van der Waals surface area (Å²) in [5.41, 5.74) is 1.44. The molecule has 2 aliphatic rings. The Balaban J connectivity index is 1.48. The van der Waals surface area contributed by atoms with E-state index in [9.17, 15) is 14.4 Å². The number of amides is 3. The average Bonchev–Trinajstić information content (AvgIpc) is 3.13. The molecule has 4 rings (SSSR count). The standard InChI is InChI=1S/C24H21BrCl2N2O6S/c1-33-19-9-15(16(25)11-20(19)35-13-14-2-3-17(26)18(27)8-14)10-21-23(31)29(24(32)36-21)12-22(30)28-4-6-34-7-5-28/h2-3,8-11H,4-7,12-13H2,1H3/b21-10+. The summed E-state index contributed by atoms with van der Waals surface area (Å²) in [7, 11) is 1.50. The summed E-state index contributed by atoms with van der Waals surface area (Å²) in [4.78, 5) is 40.7. The van der Waals surface area contributed by atoms with Gasteiger partial charge in [-0.05, 0) is 53.2 Å². The summed E-state index contributed by atoms with van der Waals surface area (Å²) in [5, 5.41) is 0.402. The van der Waals surface area contributed by atoms with Crippen LogP contribution in [0.2, 0.25) is 10.0 Å². The number of rotatable bonds is 7. The van der Waals surface area contributed by atoms with Crippen LogP contribution in [0, 0.1) is 0 Å². The molecule has 12 heteroatoms. The number of nitrogens with zero attached hydrogens (tertiary/aromatic N) is 2. The van der Waals surface area contributed by atoms with Crippen LogP contribution < -0.4 is 9.47 Å². The van der Waals surface area contributed by atoms with Crippen molar-refractivity contribution in [1.82, 2.24) is 9.80 Å². The van der Waals surface area contributed by atoms with E-state index in [0.29, 0.717) is 57.9 Å². The number of methoxy groups -OCH3 is 1. The van der Waals surface area contributed by atoms with E-state index in [4.69, 9.17) is 37.4 Å². The van der Waals surface area contributed by atoms with Gasteiger partial charge in [0.05, 0.1) is 35.3 Å². The normalized spacial score (nSPS) is 17.2. The molecule has 36 heavy (non-hydrogen) atoms. The number of benzene rings is 2. The maximum absolute atomic E-state index is 12.9. The maximum atomic E-state index is 12.9. The molecule has 0 atom stereocenters. The molecule has 2 aliphatic heterocycles. The van der Waals surface area contributed by atoms with E-state index in [1.54, 1.807) is 35.2 Å². The highest BCUT2D eigenvalue weighted by molar-refractivity contribution is 9.10. The van der Waals surface area contributed by atoms with Crippen molar-refractivity contribution in [2.75, 3.05) is 40.0 Å². The predicted molar refractivity (Wildman–Crippen MR) is 142 cm³/mol. The van der Waals surface area contributed by atoms with Gasteiger partial charge in [-0.15, -0.1) is 0 Å². The number of hydrogen-bond acceptors (Lipinski definition) is 7. The second-order valence-corrected chi connectivity index (χ2v) is 10.5. The molecule has 0 aliphatic carbocycles. The summed E-state index contributed by atoms with van der Waals surface area (Å²) >= 11 is 16.3. The predicted octanol–water partition coefficient (Wildman–Crippen LogP) is 5.24. The molecule has 0 radical (unpaired) electrons. The zero-order valence-corrected chi connectivity index (χ0v) is 23.0. The smallest absolute Gasteiger partial charge is 0.294 e. The first kappa shape index (κ1) is 26.8. The molecule has 0 N–H and O–H groups in total. The molecule has 2 saturated heterocycles. The lowest BCUT2D eigenvalue weighted by molar-refractivity contribution is -0.139. The molecule has 0 aromatic heterocycles. The Labute approximate surface area is 230 Å². The monoisotopic (exact) mass is 614 g/mol. The second-order valence-electron chi connectivity index (χ2n) is 7.82. The van der Waals surface area contributed by atoms with Gasteiger partial charge in [-0.3, -0.25) is 19.3 Å². The highest BCUT2D eigenvalue weighted by Gasteiger charge is 2.37. The van der Waals surface area contributed by atoms with Crippen LogP contribution in [0.1, 0.15) is 11.1 Å². The molecule has 2 aromatic rings. The lowest BCUT2D eigenvalue weighted by Crippen LogP contribution is -2.46. The first-order valence-corrected chi connectivity index (χ1v) is 13.2. The zero-order valence-electron chi connectivity index (χ0n) is 19.1. The van der Waals surface area contributed by atoms with Crippen molar-refractivity contribution >= 4 is 74.0 Å². The molecule has 0 bridgehead atoms. The van der Waals surface area contributed by atoms with Gasteiger partial charge in [0.1, 0.15) is 13.2 Å². The van der Waals surface area contributed by atoms with Gasteiger partial charge in [-0.1, -0.05) is 45.2 Å². The summed E-state index contributed by atoms with van der Waals surface area (Å²) in [6.45, 7) is 1.70. The summed E-state index contributed by atoms with van der Waals surface area (Å²) in [6, 6.07) is 8.64. The Kier molecular flexibility index (Phi) is 8.84. The molecule has 0 spiro atoms. The number of carbonyl (C=O) groups excluding carboxylic acids is 3. The van der Waals surface area contributed by atoms with Crippen molar-refractivity contribution in [3.63, 3.8) is 0 Å². The average molecular weight is 616 g/mol. The van der Waals surface area contributed by atoms with Crippen LogP contribution in [0.4, 0.5) is 4.79 Å². The fourth-order valence-electron chi connectivity index (χ4n) is 3.55. The Bertz CT molecular complexity index is 1240. The first-order chi connectivity index (χ1) is 17.3. The lowest BCUT2D eigenvalue weighted by Gasteiger charge is -2.28. The largest absolute Gasteiger partial charge is 0.493 e. The number of hydrogen-bond donors (Lipinski definition) is 0. The van der Waals surface area contributed by atoms with Crippen molar-refractivity contribution < 1.29 is 28.6 Å². The van der Waals surface area contributed by atoms with Crippen LogP contribution in [0.25, 0.3) is 6.08 Å². The van der Waals surface area contributed by atoms with Gasteiger partial charge in [0, 0.05) is 17.6 Å². The van der Waals surface area contributed by atoms with Crippen LogP contribution in [-0.2, 0) is 20.9 Å². The van der Waals surface area contributed by atoms with Gasteiger partial charge < -0.3 is 19.1 Å². The maximum Gasteiger partial charge on any atom is 0.294 e. The van der Waals surface area contributed by atoms with Gasteiger partial charge in [0.25, 0.3) is 11.1 Å². The SMILES string of the molecule is COc1cc(/C=C2/SC(=O)N(CC(=O)N3CCOCC3)C2=O)c(Br)cc1OCc1ccc(Cl)c(Cl)c1. The van der Waals surface area contributed by atoms with E-state index in [1.165, 1.54) is 7.11 Å². The van der Waals surface area contributed by atoms with E-state index in [1.807, 2.05) is 6.07 Å². The van der Waals surface area contributed by atoms with E-state index >= 15 is 0 Å². The minimum absolute atomic E-state index is 0.210. The number of carbonyl (C=O) groups is 3. The van der Waals surface area contributed by atoms with Gasteiger partial charge in [-0.2, -0.15) is 0 Å². The zero-order chi connectivity index (χ0) is 25.8. The third-order valence-corrected chi connectivity index (χ3v) is 7.81. The summed E-state index contributed by atoms with van der Waals surface area (Å²) in [5.74, 6) is 0.105. The fraction of sp³-hybridized carbons (Fsp3) is 0.292. The molecule has 2 fully saturated rings. The third kappa shape index (κ3) is 6.18. The molecular weight excluding hydrogens is 595 g/mol. The fourth-order valence-corrected chi connectivity index (χ4v) is 5.14. The van der Waals surface area contributed by atoms with Crippen molar-refractivity contribution in [3.8, 4) is 11.5 Å². The number of halogens is 3. The number of thioether (sulfide) groups is 1. The molecular formula is C24H21BrCl2N2O6S. The Morgan fingerprint density at radius 3 is 2.58 bits per heavy atom. The molecule has 0 saturated carbocycles. The molecule has 8 nitrogen and oxygen atoms in total. The van der Waals surface area contributed by atoms with Crippen LogP contribution in [0.5, 0.6) is 11.5 Å². The highest BCUT2D eigenvalue weighted by Crippen LogP contribution is 2.38. The van der Waals surface area contributed by atoms with E-state index < -0.39 is 11.1 Å². The highest BCUT2D eigenvalue weighted by atomic mass is 79.9. The lowest BCUT2D eigenvalue weighted by atomic mass is 10.1. The molecule has 190 valence electrons. The van der Waals surface area contributed by atoms with Crippen LogP contribution in [0.3, 0.4) is 0 Å². The van der Waals surface area contributed by atoms with Crippen molar-refractivity contribution in [3.05, 3.63) is 60.9 Å². The van der Waals surface area contributed by atoms with Gasteiger partial charge in [0.15, 0.2) is 11.5 Å². The second kappa shape index (κ2) is 11.9. The number of imide groups is 1. The number of morpholine rings is 1. The van der Waals surface area contributed by atoms with Crippen LogP contribution >= 0.6 is 50.9 Å². The third-order valence-electron chi connectivity index (χ3n) is 5.48. The van der Waals surface area contributed by atoms with E-state index in [2.05, 4.69) is 15.9 Å². The van der Waals surface area contributed by atoms with Crippen LogP contribution in [0.15, 0.2) is 39.7 Å². The van der Waals surface area contributed by atoms with Gasteiger partial charge >= 0.3 is 0 Å². The van der Waals surface area contributed by atoms with Crippen molar-refractivity contribution in [1.29, 1.82) is 0 Å². The topological polar surface area (TPSA) is 85.4 Å². The van der Waals surface area contributed by atoms with Gasteiger partial charge in [0.2, 0.25) is 5.91 Å². The molecule has 3 amide bonds. The molecule has 2 heterocycles. The van der Waals surface area contributed by atoms with Crippen molar-refractivity contribution in [2.24, 2.45) is 0 Å². The Hall–Kier alpha value is -2.24. The van der Waals surface area contributed by atoms with E-state index in [0.717, 1.165) is 22.2 Å². The quantitative estimate of drug-likeness (QED) is 0.394. The van der Waals surface area contributed by atoms with E-state index in [-0.39, 0.29) is 24.0 Å². The molecule has 0 unspecified atom stereocenters. The minimum Gasteiger partial charge on any atom is -0.493 e. The van der Waals surface area contributed by atoms with Crippen LogP contribution in [-0.4, -0.2) is 66.8 Å². The molecule has 2 aromatic carbocycles. The summed E-state index contributed by atoms with van der Waals surface area (Å²) < 4.78 is 17.3. The first-order valence-electron chi connectivity index (χ1n) is 10.8. The minimum atomic E-state index is -0.516. The Morgan fingerprint density at radius 2 is 1.89 bits per heavy atom.